The molecule has 2 aromatic rings. The van der Waals surface area contributed by atoms with Crippen LogP contribution in [0.1, 0.15) is 34.8 Å². The zero-order valence-electron chi connectivity index (χ0n) is 10.8. The lowest BCUT2D eigenvalue weighted by Gasteiger charge is -2.19. The summed E-state index contributed by atoms with van der Waals surface area (Å²) >= 11 is 0. The van der Waals surface area contributed by atoms with Crippen LogP contribution in [-0.4, -0.2) is 35.7 Å². The average molecular weight is 260 g/mol. The van der Waals surface area contributed by atoms with Gasteiger partial charge in [0, 0.05) is 31.5 Å². The highest BCUT2D eigenvalue weighted by Crippen LogP contribution is 2.26. The molecule has 0 atom stereocenters. The third-order valence-corrected chi connectivity index (χ3v) is 3.53. The van der Waals surface area contributed by atoms with Crippen LogP contribution in [0.5, 0.6) is 0 Å². The molecule has 0 amide bonds. The second-order valence-electron chi connectivity index (χ2n) is 4.73. The van der Waals surface area contributed by atoms with Crippen LogP contribution in [0.4, 0.5) is 0 Å². The van der Waals surface area contributed by atoms with Crippen molar-refractivity contribution in [3.63, 3.8) is 0 Å². The molecule has 19 heavy (non-hydrogen) atoms. The van der Waals surface area contributed by atoms with Crippen LogP contribution in [0.2, 0.25) is 0 Å². The number of carbonyl (C=O) groups is 1. The highest BCUT2D eigenvalue weighted by atomic mass is 16.5. The van der Waals surface area contributed by atoms with E-state index in [4.69, 9.17) is 9.47 Å². The molecule has 5 heteroatoms. The van der Waals surface area contributed by atoms with Gasteiger partial charge in [-0.1, -0.05) is 0 Å². The van der Waals surface area contributed by atoms with Crippen molar-refractivity contribution < 1.29 is 14.3 Å². The number of esters is 1. The number of carbonyl (C=O) groups excluding carboxylic acids is 1. The fourth-order valence-corrected chi connectivity index (χ4v) is 2.44. The van der Waals surface area contributed by atoms with Crippen molar-refractivity contribution in [3.8, 4) is 0 Å². The quantitative estimate of drug-likeness (QED) is 0.775. The minimum Gasteiger partial charge on any atom is -0.465 e. The third-order valence-electron chi connectivity index (χ3n) is 3.53. The molecule has 0 unspecified atom stereocenters. The Morgan fingerprint density at radius 3 is 2.89 bits per heavy atom. The number of methoxy groups -OCH3 is 1. The highest BCUT2D eigenvalue weighted by Gasteiger charge is 2.19. The Morgan fingerprint density at radius 1 is 1.37 bits per heavy atom. The lowest BCUT2D eigenvalue weighted by atomic mass is 9.97. The van der Waals surface area contributed by atoms with Gasteiger partial charge in [0.1, 0.15) is 5.65 Å². The Morgan fingerprint density at radius 2 is 2.16 bits per heavy atom. The van der Waals surface area contributed by atoms with E-state index in [1.165, 1.54) is 7.11 Å². The summed E-state index contributed by atoms with van der Waals surface area (Å²) in [6, 6.07) is 3.58. The average Bonchev–Trinajstić information content (AvgIpc) is 2.90. The van der Waals surface area contributed by atoms with Gasteiger partial charge in [-0.15, -0.1) is 0 Å². The second kappa shape index (κ2) is 5.01. The first-order chi connectivity index (χ1) is 9.28. The fourth-order valence-electron chi connectivity index (χ4n) is 2.44. The van der Waals surface area contributed by atoms with E-state index in [0.717, 1.165) is 37.4 Å². The van der Waals surface area contributed by atoms with E-state index in [0.29, 0.717) is 11.5 Å². The van der Waals surface area contributed by atoms with E-state index in [1.807, 2.05) is 16.7 Å². The van der Waals surface area contributed by atoms with Crippen molar-refractivity contribution in [2.45, 2.75) is 18.8 Å². The van der Waals surface area contributed by atoms with Gasteiger partial charge in [0.25, 0.3) is 0 Å². The number of aromatic nitrogens is 2. The molecular formula is C14H16N2O3. The van der Waals surface area contributed by atoms with Crippen LogP contribution in [0.3, 0.4) is 0 Å². The van der Waals surface area contributed by atoms with E-state index in [1.54, 1.807) is 12.3 Å². The number of fused-ring (bicyclic) bond motifs is 1. The number of nitrogens with zero attached hydrogens (tertiary/aromatic N) is 2. The Labute approximate surface area is 111 Å². The molecule has 0 N–H and O–H groups in total. The molecule has 100 valence electrons. The van der Waals surface area contributed by atoms with Gasteiger partial charge < -0.3 is 13.9 Å². The fraction of sp³-hybridized carbons (Fsp3) is 0.429. The van der Waals surface area contributed by atoms with Crippen molar-refractivity contribution in [3.05, 3.63) is 35.8 Å². The largest absolute Gasteiger partial charge is 0.465 e. The number of hydrogen-bond acceptors (Lipinski definition) is 4. The molecule has 0 spiro atoms. The summed E-state index contributed by atoms with van der Waals surface area (Å²) in [6.07, 6.45) is 5.77. The van der Waals surface area contributed by atoms with Crippen LogP contribution in [0, 0.1) is 0 Å². The predicted octanol–water partition coefficient (Wildman–Crippen LogP) is 2.01. The van der Waals surface area contributed by atoms with E-state index in [9.17, 15) is 4.79 Å². The summed E-state index contributed by atoms with van der Waals surface area (Å²) in [5.74, 6) is 0.124. The van der Waals surface area contributed by atoms with E-state index >= 15 is 0 Å². The molecule has 0 saturated carbocycles. The van der Waals surface area contributed by atoms with Gasteiger partial charge in [0.05, 0.1) is 18.4 Å². The van der Waals surface area contributed by atoms with Crippen molar-refractivity contribution >= 4 is 11.6 Å². The van der Waals surface area contributed by atoms with Gasteiger partial charge >= 0.3 is 5.97 Å². The number of rotatable bonds is 2. The minimum absolute atomic E-state index is 0.330. The zero-order valence-corrected chi connectivity index (χ0v) is 10.8. The maximum absolute atomic E-state index is 11.5. The summed E-state index contributed by atoms with van der Waals surface area (Å²) in [6.45, 7) is 1.60. The molecular weight excluding hydrogens is 244 g/mol. The maximum atomic E-state index is 11.5. The topological polar surface area (TPSA) is 52.8 Å². The Bertz CT molecular complexity index is 600. The monoisotopic (exact) mass is 260 g/mol. The molecule has 5 nitrogen and oxygen atoms in total. The molecule has 3 rings (SSSR count). The lowest BCUT2D eigenvalue weighted by Crippen LogP contribution is -2.14. The second-order valence-corrected chi connectivity index (χ2v) is 4.73. The zero-order chi connectivity index (χ0) is 13.2. The van der Waals surface area contributed by atoms with Gasteiger partial charge in [0.2, 0.25) is 0 Å². The van der Waals surface area contributed by atoms with E-state index < -0.39 is 0 Å². The summed E-state index contributed by atoms with van der Waals surface area (Å²) in [5, 5.41) is 0. The molecule has 1 aliphatic heterocycles. The third kappa shape index (κ3) is 2.33. The summed E-state index contributed by atoms with van der Waals surface area (Å²) < 4.78 is 12.0. The number of hydrogen-bond donors (Lipinski definition) is 0. The molecule has 3 heterocycles. The summed E-state index contributed by atoms with van der Waals surface area (Å²) in [4.78, 5) is 16.1. The Balaban J connectivity index is 1.93. The van der Waals surface area contributed by atoms with Crippen LogP contribution < -0.4 is 0 Å². The van der Waals surface area contributed by atoms with Crippen molar-refractivity contribution in [2.24, 2.45) is 0 Å². The Kier molecular flexibility index (Phi) is 3.21. The van der Waals surface area contributed by atoms with Crippen molar-refractivity contribution in [1.29, 1.82) is 0 Å². The smallest absolute Gasteiger partial charge is 0.339 e. The van der Waals surface area contributed by atoms with Gasteiger partial charge in [-0.25, -0.2) is 9.78 Å². The van der Waals surface area contributed by atoms with Crippen molar-refractivity contribution in [2.75, 3.05) is 20.3 Å². The van der Waals surface area contributed by atoms with Gasteiger partial charge in [-0.3, -0.25) is 0 Å². The normalized spacial score (nSPS) is 16.7. The van der Waals surface area contributed by atoms with Crippen LogP contribution >= 0.6 is 0 Å². The van der Waals surface area contributed by atoms with Crippen molar-refractivity contribution in [1.82, 2.24) is 9.38 Å². The first-order valence-electron chi connectivity index (χ1n) is 6.42. The Hall–Kier alpha value is -1.88. The molecule has 2 aromatic heterocycles. The predicted molar refractivity (Wildman–Crippen MR) is 69.3 cm³/mol. The SMILES string of the molecule is COC(=O)c1ccc2nc(C3CCOCC3)cn2c1. The van der Waals surface area contributed by atoms with Crippen LogP contribution in [0.15, 0.2) is 24.5 Å². The molecule has 1 aliphatic rings. The minimum atomic E-state index is -0.330. The molecule has 0 aliphatic carbocycles. The maximum Gasteiger partial charge on any atom is 0.339 e. The number of imidazole rings is 1. The van der Waals surface area contributed by atoms with E-state index in [2.05, 4.69) is 4.98 Å². The summed E-state index contributed by atoms with van der Waals surface area (Å²) in [5.41, 5.74) is 2.46. The van der Waals surface area contributed by atoms with Crippen LogP contribution in [0.25, 0.3) is 5.65 Å². The first-order valence-corrected chi connectivity index (χ1v) is 6.42. The standard InChI is InChI=1S/C14H16N2O3/c1-18-14(17)11-2-3-13-15-12(9-16(13)8-11)10-4-6-19-7-5-10/h2-3,8-10H,4-7H2,1H3. The number of ether oxygens (including phenoxy) is 2. The van der Waals surface area contributed by atoms with Crippen LogP contribution in [-0.2, 0) is 9.47 Å². The van der Waals surface area contributed by atoms with Gasteiger partial charge in [-0.05, 0) is 25.0 Å². The molecule has 0 bridgehead atoms. The lowest BCUT2D eigenvalue weighted by molar-refractivity contribution is 0.0600. The van der Waals surface area contributed by atoms with Gasteiger partial charge in [-0.2, -0.15) is 0 Å². The molecule has 0 radical (unpaired) electrons. The molecule has 0 aromatic carbocycles. The molecule has 1 saturated heterocycles. The number of pyridine rings is 1. The van der Waals surface area contributed by atoms with Gasteiger partial charge in [0.15, 0.2) is 0 Å². The van der Waals surface area contributed by atoms with E-state index in [-0.39, 0.29) is 5.97 Å². The highest BCUT2D eigenvalue weighted by molar-refractivity contribution is 5.89. The molecule has 1 fully saturated rings. The first kappa shape index (κ1) is 12.2. The summed E-state index contributed by atoms with van der Waals surface area (Å²) in [7, 11) is 1.38.